The van der Waals surface area contributed by atoms with Crippen LogP contribution in [0.1, 0.15) is 62.5 Å². The zero-order valence-corrected chi connectivity index (χ0v) is 18.1. The molecular weight excluding hydrogens is 376 g/mol. The number of carbonyl (C=O) groups is 2. The Kier molecular flexibility index (Phi) is 13.1. The molecular formula is C25H36N2O3. The molecule has 2 aromatic carbocycles. The van der Waals surface area contributed by atoms with E-state index in [9.17, 15) is 4.79 Å². The van der Waals surface area contributed by atoms with Gasteiger partial charge in [0.1, 0.15) is 6.79 Å². The van der Waals surface area contributed by atoms with Gasteiger partial charge < -0.3 is 21.0 Å². The second kappa shape index (κ2) is 15.4. The first-order valence-electron chi connectivity index (χ1n) is 10.8. The Balaban J connectivity index is 0.000000281. The lowest BCUT2D eigenvalue weighted by Crippen LogP contribution is -2.23. The van der Waals surface area contributed by atoms with E-state index in [4.69, 9.17) is 15.6 Å². The van der Waals surface area contributed by atoms with E-state index in [0.29, 0.717) is 18.9 Å². The van der Waals surface area contributed by atoms with Gasteiger partial charge in [0.15, 0.2) is 0 Å². The van der Waals surface area contributed by atoms with Crippen LogP contribution in [-0.2, 0) is 9.59 Å². The topological polar surface area (TPSA) is 92.4 Å². The van der Waals surface area contributed by atoms with Gasteiger partial charge in [-0.15, -0.1) is 0 Å². The van der Waals surface area contributed by atoms with Crippen LogP contribution in [0.3, 0.4) is 0 Å². The molecule has 0 aliphatic heterocycles. The number of rotatable bonds is 9. The minimum Gasteiger partial charge on any atom is -0.396 e. The van der Waals surface area contributed by atoms with E-state index in [0.717, 1.165) is 38.6 Å². The summed E-state index contributed by atoms with van der Waals surface area (Å²) in [7, 11) is 0. The van der Waals surface area contributed by atoms with Crippen molar-refractivity contribution in [1.82, 2.24) is 5.32 Å². The molecule has 0 fully saturated rings. The highest BCUT2D eigenvalue weighted by Gasteiger charge is 2.26. The number of aliphatic hydroxyl groups is 1. The molecule has 0 bridgehead atoms. The molecule has 1 aliphatic rings. The van der Waals surface area contributed by atoms with Crippen LogP contribution in [-0.4, -0.2) is 37.5 Å². The Morgan fingerprint density at radius 3 is 2.03 bits per heavy atom. The standard InChI is InChI=1S/C14H13N.C10H21NO2.CH2O/c15-9-14-12-7-3-1-5-10(12)11-6-2-4-8-13(11)14;1-2-3-8-11-10(13)7-5-4-6-9-12;1-2/h1-8,14H,9,15H2;12H,2-9H2,1H3,(H,11,13);1H2. The van der Waals surface area contributed by atoms with Gasteiger partial charge in [-0.3, -0.25) is 4.79 Å². The van der Waals surface area contributed by atoms with Gasteiger partial charge >= 0.3 is 0 Å². The maximum absolute atomic E-state index is 11.1. The summed E-state index contributed by atoms with van der Waals surface area (Å²) in [6.07, 6.45) is 5.41. The summed E-state index contributed by atoms with van der Waals surface area (Å²) >= 11 is 0. The fraction of sp³-hybridized carbons (Fsp3) is 0.440. The molecule has 2 aromatic rings. The van der Waals surface area contributed by atoms with Crippen LogP contribution in [0.4, 0.5) is 0 Å². The van der Waals surface area contributed by atoms with Crippen molar-refractivity contribution in [3.8, 4) is 11.1 Å². The Labute approximate surface area is 180 Å². The number of hydrogen-bond acceptors (Lipinski definition) is 4. The first-order chi connectivity index (χ1) is 14.7. The van der Waals surface area contributed by atoms with Crippen LogP contribution in [0.2, 0.25) is 0 Å². The minimum absolute atomic E-state index is 0.145. The molecule has 0 saturated heterocycles. The van der Waals surface area contributed by atoms with Crippen molar-refractivity contribution in [2.45, 2.75) is 51.4 Å². The summed E-state index contributed by atoms with van der Waals surface area (Å²) in [5.41, 5.74) is 11.3. The van der Waals surface area contributed by atoms with Crippen molar-refractivity contribution in [3.63, 3.8) is 0 Å². The maximum atomic E-state index is 11.1. The Morgan fingerprint density at radius 1 is 0.967 bits per heavy atom. The van der Waals surface area contributed by atoms with E-state index in [-0.39, 0.29) is 12.5 Å². The monoisotopic (exact) mass is 412 g/mol. The van der Waals surface area contributed by atoms with Crippen LogP contribution in [0.25, 0.3) is 11.1 Å². The molecule has 0 radical (unpaired) electrons. The molecule has 0 atom stereocenters. The first-order valence-corrected chi connectivity index (χ1v) is 10.8. The molecule has 4 N–H and O–H groups in total. The Morgan fingerprint density at radius 2 is 1.53 bits per heavy atom. The molecule has 0 unspecified atom stereocenters. The number of fused-ring (bicyclic) bond motifs is 3. The predicted octanol–water partition coefficient (Wildman–Crippen LogP) is 4.03. The van der Waals surface area contributed by atoms with Crippen molar-refractivity contribution < 1.29 is 14.7 Å². The molecule has 0 spiro atoms. The summed E-state index contributed by atoms with van der Waals surface area (Å²) in [4.78, 5) is 19.1. The number of hydrogen-bond donors (Lipinski definition) is 3. The molecule has 0 aromatic heterocycles. The van der Waals surface area contributed by atoms with Crippen LogP contribution in [0, 0.1) is 0 Å². The molecule has 30 heavy (non-hydrogen) atoms. The van der Waals surface area contributed by atoms with E-state index in [2.05, 4.69) is 60.8 Å². The molecule has 1 aliphatic carbocycles. The van der Waals surface area contributed by atoms with E-state index in [1.807, 2.05) is 6.79 Å². The van der Waals surface area contributed by atoms with Gasteiger partial charge in [-0.2, -0.15) is 0 Å². The SMILES string of the molecule is C=O.CCCCNC(=O)CCCCCO.NCC1c2ccccc2-c2ccccc21. The van der Waals surface area contributed by atoms with Crippen LogP contribution in [0.15, 0.2) is 48.5 Å². The van der Waals surface area contributed by atoms with Crippen LogP contribution < -0.4 is 11.1 Å². The van der Waals surface area contributed by atoms with Gasteiger partial charge in [0.25, 0.3) is 0 Å². The quantitative estimate of drug-likeness (QED) is 0.542. The summed E-state index contributed by atoms with van der Waals surface area (Å²) in [6, 6.07) is 17.1. The molecule has 5 nitrogen and oxygen atoms in total. The maximum Gasteiger partial charge on any atom is 0.219 e. The second-order valence-electron chi connectivity index (χ2n) is 7.20. The normalized spacial score (nSPS) is 11.3. The Hall–Kier alpha value is -2.50. The second-order valence-corrected chi connectivity index (χ2v) is 7.20. The average Bonchev–Trinajstić information content (AvgIpc) is 3.12. The largest absolute Gasteiger partial charge is 0.396 e. The fourth-order valence-electron chi connectivity index (χ4n) is 3.58. The zero-order chi connectivity index (χ0) is 22.2. The molecule has 0 heterocycles. The van der Waals surface area contributed by atoms with Crippen LogP contribution in [0.5, 0.6) is 0 Å². The van der Waals surface area contributed by atoms with Crippen molar-refractivity contribution in [3.05, 3.63) is 59.7 Å². The highest BCUT2D eigenvalue weighted by atomic mass is 16.2. The summed E-state index contributed by atoms with van der Waals surface area (Å²) in [6.45, 7) is 5.83. The summed E-state index contributed by atoms with van der Waals surface area (Å²) in [5.74, 6) is 0.531. The fourth-order valence-corrected chi connectivity index (χ4v) is 3.58. The summed E-state index contributed by atoms with van der Waals surface area (Å²) in [5, 5.41) is 11.4. The van der Waals surface area contributed by atoms with Crippen molar-refractivity contribution >= 4 is 12.7 Å². The van der Waals surface area contributed by atoms with Gasteiger partial charge in [0.05, 0.1) is 0 Å². The van der Waals surface area contributed by atoms with E-state index >= 15 is 0 Å². The number of benzene rings is 2. The van der Waals surface area contributed by atoms with Gasteiger partial charge in [-0.25, -0.2) is 0 Å². The third-order valence-corrected chi connectivity index (χ3v) is 5.11. The van der Waals surface area contributed by atoms with Gasteiger partial charge in [-0.05, 0) is 41.5 Å². The van der Waals surface area contributed by atoms with Crippen molar-refractivity contribution in [2.24, 2.45) is 5.73 Å². The lowest BCUT2D eigenvalue weighted by molar-refractivity contribution is -0.121. The van der Waals surface area contributed by atoms with Crippen molar-refractivity contribution in [2.75, 3.05) is 19.7 Å². The highest BCUT2D eigenvalue weighted by molar-refractivity contribution is 5.78. The van der Waals surface area contributed by atoms with Gasteiger partial charge in [-0.1, -0.05) is 68.3 Å². The first kappa shape index (κ1) is 25.5. The average molecular weight is 413 g/mol. The van der Waals surface area contributed by atoms with Gasteiger partial charge in [0, 0.05) is 32.0 Å². The van der Waals surface area contributed by atoms with Crippen LogP contribution >= 0.6 is 0 Å². The lowest BCUT2D eigenvalue weighted by Gasteiger charge is -2.09. The molecule has 164 valence electrons. The molecule has 1 amide bonds. The zero-order valence-electron chi connectivity index (χ0n) is 18.1. The number of amides is 1. The Bertz CT molecular complexity index is 703. The van der Waals surface area contributed by atoms with Crippen molar-refractivity contribution in [1.29, 1.82) is 0 Å². The number of unbranched alkanes of at least 4 members (excludes halogenated alkanes) is 3. The highest BCUT2D eigenvalue weighted by Crippen LogP contribution is 2.43. The minimum atomic E-state index is 0.145. The van der Waals surface area contributed by atoms with Gasteiger partial charge in [0.2, 0.25) is 5.91 Å². The molecule has 0 saturated carbocycles. The number of aliphatic hydroxyl groups excluding tert-OH is 1. The number of nitrogens with two attached hydrogens (primary N) is 1. The smallest absolute Gasteiger partial charge is 0.219 e. The number of carbonyl (C=O) groups excluding carboxylic acids is 2. The summed E-state index contributed by atoms with van der Waals surface area (Å²) < 4.78 is 0. The lowest BCUT2D eigenvalue weighted by atomic mass is 9.97. The predicted molar refractivity (Wildman–Crippen MR) is 123 cm³/mol. The molecule has 5 heteroatoms. The van der Waals surface area contributed by atoms with E-state index in [1.54, 1.807) is 0 Å². The van der Waals surface area contributed by atoms with E-state index in [1.165, 1.54) is 22.3 Å². The third-order valence-electron chi connectivity index (χ3n) is 5.11. The van der Waals surface area contributed by atoms with E-state index < -0.39 is 0 Å². The molecule has 3 rings (SSSR count). The number of nitrogens with one attached hydrogen (secondary N) is 1. The third kappa shape index (κ3) is 7.73.